The molecule has 0 aliphatic heterocycles. The molecule has 0 bridgehead atoms. The standard InChI is InChI=1S/C19H31N/c1-13(2)17(12-20-19(6,7)8)11-18-15(4)9-14(3)10-16(18)5/h9-11,13,20H,12H2,1-8H3. The zero-order chi connectivity index (χ0) is 15.5. The van der Waals surface area contributed by atoms with E-state index in [1.807, 2.05) is 0 Å². The van der Waals surface area contributed by atoms with Crippen molar-refractivity contribution in [1.82, 2.24) is 5.32 Å². The Balaban J connectivity index is 3.09. The van der Waals surface area contributed by atoms with Gasteiger partial charge in [-0.25, -0.2) is 0 Å². The summed E-state index contributed by atoms with van der Waals surface area (Å²) in [6, 6.07) is 4.54. The number of benzene rings is 1. The van der Waals surface area contributed by atoms with E-state index >= 15 is 0 Å². The molecule has 1 N–H and O–H groups in total. The highest BCUT2D eigenvalue weighted by molar-refractivity contribution is 5.61. The molecule has 0 saturated heterocycles. The summed E-state index contributed by atoms with van der Waals surface area (Å²) in [5.41, 5.74) is 7.10. The van der Waals surface area contributed by atoms with Crippen LogP contribution in [-0.2, 0) is 0 Å². The van der Waals surface area contributed by atoms with E-state index in [2.05, 4.69) is 78.9 Å². The van der Waals surface area contributed by atoms with E-state index in [-0.39, 0.29) is 5.54 Å². The Labute approximate surface area is 125 Å². The highest BCUT2D eigenvalue weighted by atomic mass is 14.9. The van der Waals surface area contributed by atoms with Gasteiger partial charge in [0.05, 0.1) is 0 Å². The number of hydrogen-bond donors (Lipinski definition) is 1. The molecule has 0 saturated carbocycles. The van der Waals surface area contributed by atoms with Crippen LogP contribution in [0.1, 0.15) is 56.9 Å². The van der Waals surface area contributed by atoms with Crippen molar-refractivity contribution < 1.29 is 0 Å². The van der Waals surface area contributed by atoms with Crippen LogP contribution in [0.4, 0.5) is 0 Å². The van der Waals surface area contributed by atoms with Crippen molar-refractivity contribution in [3.63, 3.8) is 0 Å². The molecule has 0 aliphatic carbocycles. The van der Waals surface area contributed by atoms with Gasteiger partial charge in [0.25, 0.3) is 0 Å². The fraction of sp³-hybridized carbons (Fsp3) is 0.579. The van der Waals surface area contributed by atoms with Crippen molar-refractivity contribution in [1.29, 1.82) is 0 Å². The normalized spacial score (nSPS) is 13.2. The SMILES string of the molecule is Cc1cc(C)c(C=C(CNC(C)(C)C)C(C)C)c(C)c1. The molecule has 0 fully saturated rings. The van der Waals surface area contributed by atoms with Gasteiger partial charge in [-0.1, -0.05) is 43.2 Å². The molecular weight excluding hydrogens is 242 g/mol. The Morgan fingerprint density at radius 2 is 1.60 bits per heavy atom. The van der Waals surface area contributed by atoms with Crippen LogP contribution in [0.2, 0.25) is 0 Å². The lowest BCUT2D eigenvalue weighted by atomic mass is 9.93. The minimum atomic E-state index is 0.158. The minimum absolute atomic E-state index is 0.158. The molecule has 0 aliphatic rings. The number of nitrogens with one attached hydrogen (secondary N) is 1. The second-order valence-electron chi connectivity index (χ2n) is 7.29. The summed E-state index contributed by atoms with van der Waals surface area (Å²) >= 11 is 0. The number of rotatable bonds is 4. The second kappa shape index (κ2) is 6.58. The maximum atomic E-state index is 3.61. The summed E-state index contributed by atoms with van der Waals surface area (Å²) in [5.74, 6) is 0.560. The van der Waals surface area contributed by atoms with Crippen LogP contribution in [0.3, 0.4) is 0 Å². The van der Waals surface area contributed by atoms with Crippen molar-refractivity contribution >= 4 is 6.08 Å². The van der Waals surface area contributed by atoms with Gasteiger partial charge in [0.1, 0.15) is 0 Å². The first-order valence-corrected chi connectivity index (χ1v) is 7.63. The molecule has 1 heteroatoms. The van der Waals surface area contributed by atoms with Crippen LogP contribution in [0, 0.1) is 26.7 Å². The molecule has 0 amide bonds. The van der Waals surface area contributed by atoms with Gasteiger partial charge < -0.3 is 5.32 Å². The summed E-state index contributed by atoms with van der Waals surface area (Å²) in [4.78, 5) is 0. The zero-order valence-electron chi connectivity index (χ0n) is 14.5. The predicted octanol–water partition coefficient (Wildman–Crippen LogP) is 5.04. The highest BCUT2D eigenvalue weighted by Gasteiger charge is 2.12. The van der Waals surface area contributed by atoms with E-state index in [9.17, 15) is 0 Å². The summed E-state index contributed by atoms with van der Waals surface area (Å²) in [7, 11) is 0. The fourth-order valence-corrected chi connectivity index (χ4v) is 2.39. The summed E-state index contributed by atoms with van der Waals surface area (Å²) < 4.78 is 0. The fourth-order valence-electron chi connectivity index (χ4n) is 2.39. The first-order chi connectivity index (χ1) is 9.10. The summed E-state index contributed by atoms with van der Waals surface area (Å²) in [5, 5.41) is 3.61. The zero-order valence-corrected chi connectivity index (χ0v) is 14.5. The molecule has 20 heavy (non-hydrogen) atoms. The van der Waals surface area contributed by atoms with Gasteiger partial charge in [-0.05, 0) is 64.2 Å². The second-order valence-corrected chi connectivity index (χ2v) is 7.29. The van der Waals surface area contributed by atoms with Crippen LogP contribution in [-0.4, -0.2) is 12.1 Å². The van der Waals surface area contributed by atoms with E-state index in [0.717, 1.165) is 6.54 Å². The van der Waals surface area contributed by atoms with Crippen molar-refractivity contribution in [3.05, 3.63) is 40.0 Å². The Morgan fingerprint density at radius 3 is 2.00 bits per heavy atom. The third-order valence-electron chi connectivity index (χ3n) is 3.63. The summed E-state index contributed by atoms with van der Waals surface area (Å²) in [6.07, 6.45) is 2.38. The lowest BCUT2D eigenvalue weighted by molar-refractivity contribution is 0.437. The average molecular weight is 273 g/mol. The Morgan fingerprint density at radius 1 is 1.10 bits per heavy atom. The van der Waals surface area contributed by atoms with Gasteiger partial charge in [0.15, 0.2) is 0 Å². The van der Waals surface area contributed by atoms with Gasteiger partial charge in [-0.3, -0.25) is 0 Å². The van der Waals surface area contributed by atoms with Gasteiger partial charge in [0.2, 0.25) is 0 Å². The minimum Gasteiger partial charge on any atom is -0.308 e. The van der Waals surface area contributed by atoms with Crippen LogP contribution in [0.5, 0.6) is 0 Å². The van der Waals surface area contributed by atoms with Crippen LogP contribution < -0.4 is 5.32 Å². The predicted molar refractivity (Wildman–Crippen MR) is 91.2 cm³/mol. The molecule has 1 aromatic carbocycles. The lowest BCUT2D eigenvalue weighted by Crippen LogP contribution is -2.37. The van der Waals surface area contributed by atoms with Crippen molar-refractivity contribution in [2.45, 2.75) is 60.9 Å². The van der Waals surface area contributed by atoms with E-state index < -0.39 is 0 Å². The molecule has 1 rings (SSSR count). The lowest BCUT2D eigenvalue weighted by Gasteiger charge is -2.23. The number of hydrogen-bond acceptors (Lipinski definition) is 1. The van der Waals surface area contributed by atoms with Gasteiger partial charge >= 0.3 is 0 Å². The monoisotopic (exact) mass is 273 g/mol. The largest absolute Gasteiger partial charge is 0.308 e. The third-order valence-corrected chi connectivity index (χ3v) is 3.63. The maximum absolute atomic E-state index is 3.61. The van der Waals surface area contributed by atoms with E-state index in [1.54, 1.807) is 0 Å². The smallest absolute Gasteiger partial charge is 0.0175 e. The topological polar surface area (TPSA) is 12.0 Å². The average Bonchev–Trinajstić information content (AvgIpc) is 2.24. The van der Waals surface area contributed by atoms with Gasteiger partial charge in [-0.2, -0.15) is 0 Å². The molecular formula is C19H31N. The van der Waals surface area contributed by atoms with Crippen molar-refractivity contribution in [2.24, 2.45) is 5.92 Å². The highest BCUT2D eigenvalue weighted by Crippen LogP contribution is 2.22. The van der Waals surface area contributed by atoms with Gasteiger partial charge in [-0.15, -0.1) is 0 Å². The maximum Gasteiger partial charge on any atom is 0.0175 e. The molecule has 112 valence electrons. The summed E-state index contributed by atoms with van der Waals surface area (Å²) in [6.45, 7) is 18.7. The van der Waals surface area contributed by atoms with Crippen LogP contribution in [0.15, 0.2) is 17.7 Å². The number of aryl methyl sites for hydroxylation is 3. The first kappa shape index (κ1) is 17.0. The molecule has 0 atom stereocenters. The molecule has 1 nitrogen and oxygen atoms in total. The molecule has 0 spiro atoms. The molecule has 1 aromatic rings. The van der Waals surface area contributed by atoms with E-state index in [1.165, 1.54) is 27.8 Å². The molecule has 0 radical (unpaired) electrons. The quantitative estimate of drug-likeness (QED) is 0.810. The first-order valence-electron chi connectivity index (χ1n) is 7.63. The Bertz CT molecular complexity index is 464. The van der Waals surface area contributed by atoms with Gasteiger partial charge in [0, 0.05) is 12.1 Å². The van der Waals surface area contributed by atoms with E-state index in [0.29, 0.717) is 5.92 Å². The Kier molecular flexibility index (Phi) is 5.59. The Hall–Kier alpha value is -1.08. The van der Waals surface area contributed by atoms with Crippen molar-refractivity contribution in [3.8, 4) is 0 Å². The molecule has 0 heterocycles. The third kappa shape index (κ3) is 5.13. The molecule has 0 aromatic heterocycles. The van der Waals surface area contributed by atoms with Crippen molar-refractivity contribution in [2.75, 3.05) is 6.54 Å². The van der Waals surface area contributed by atoms with Crippen LogP contribution >= 0.6 is 0 Å². The molecule has 0 unspecified atom stereocenters. The van der Waals surface area contributed by atoms with Crippen LogP contribution in [0.25, 0.3) is 6.08 Å². The van der Waals surface area contributed by atoms with E-state index in [4.69, 9.17) is 0 Å².